The number of rotatable bonds is 4. The van der Waals surface area contributed by atoms with Crippen molar-refractivity contribution in [1.29, 1.82) is 0 Å². The van der Waals surface area contributed by atoms with E-state index in [0.717, 1.165) is 10.9 Å². The Hall–Kier alpha value is -3.08. The minimum Gasteiger partial charge on any atom is -0.452 e. The number of amides is 1. The Morgan fingerprint density at radius 3 is 2.42 bits per heavy atom. The molecule has 0 fully saturated rings. The van der Waals surface area contributed by atoms with Gasteiger partial charge in [0.1, 0.15) is 0 Å². The maximum absolute atomic E-state index is 12.2. The van der Waals surface area contributed by atoms with Crippen LogP contribution in [-0.2, 0) is 14.9 Å². The number of carbonyl (C=O) groups is 2. The van der Waals surface area contributed by atoms with Crippen molar-refractivity contribution < 1.29 is 14.3 Å². The lowest BCUT2D eigenvalue weighted by atomic mass is 9.87. The summed E-state index contributed by atoms with van der Waals surface area (Å²) in [6, 6.07) is 15.1. The Morgan fingerprint density at radius 1 is 1.04 bits per heavy atom. The zero-order valence-corrected chi connectivity index (χ0v) is 15.1. The number of H-pyrrole nitrogens is 1. The molecular formula is C21H22N2O3. The molecule has 0 aliphatic heterocycles. The molecule has 5 nitrogen and oxygen atoms in total. The average Bonchev–Trinajstić information content (AvgIpc) is 3.03. The average molecular weight is 350 g/mol. The number of anilines is 1. The van der Waals surface area contributed by atoms with Crippen LogP contribution in [0.2, 0.25) is 0 Å². The minimum absolute atomic E-state index is 0.0530. The van der Waals surface area contributed by atoms with Gasteiger partial charge in [-0.25, -0.2) is 4.79 Å². The molecule has 1 heterocycles. The highest BCUT2D eigenvalue weighted by Crippen LogP contribution is 2.23. The molecule has 1 aromatic heterocycles. The molecule has 3 rings (SSSR count). The van der Waals surface area contributed by atoms with E-state index in [1.165, 1.54) is 5.56 Å². The number of hydrogen-bond donors (Lipinski definition) is 2. The fourth-order valence-corrected chi connectivity index (χ4v) is 2.70. The second kappa shape index (κ2) is 7.04. The molecule has 0 aliphatic carbocycles. The molecule has 134 valence electrons. The molecule has 0 aliphatic rings. The van der Waals surface area contributed by atoms with Crippen LogP contribution in [-0.4, -0.2) is 23.5 Å². The maximum atomic E-state index is 12.2. The first kappa shape index (κ1) is 17.7. The van der Waals surface area contributed by atoms with Crippen LogP contribution in [0.3, 0.4) is 0 Å². The van der Waals surface area contributed by atoms with Gasteiger partial charge in [-0.15, -0.1) is 0 Å². The number of para-hydroxylation sites is 1. The van der Waals surface area contributed by atoms with Gasteiger partial charge in [0.05, 0.1) is 5.56 Å². The number of aromatic amines is 1. The quantitative estimate of drug-likeness (QED) is 0.691. The van der Waals surface area contributed by atoms with E-state index in [1.54, 1.807) is 6.20 Å². The first-order valence-corrected chi connectivity index (χ1v) is 8.48. The van der Waals surface area contributed by atoms with E-state index < -0.39 is 5.97 Å². The van der Waals surface area contributed by atoms with E-state index in [4.69, 9.17) is 4.74 Å². The Labute approximate surface area is 152 Å². The van der Waals surface area contributed by atoms with E-state index in [9.17, 15) is 9.59 Å². The summed E-state index contributed by atoms with van der Waals surface area (Å²) in [5.74, 6) is -0.901. The number of fused-ring (bicyclic) bond motifs is 1. The maximum Gasteiger partial charge on any atom is 0.340 e. The van der Waals surface area contributed by atoms with Crippen molar-refractivity contribution in [1.82, 2.24) is 4.98 Å². The van der Waals surface area contributed by atoms with Gasteiger partial charge < -0.3 is 15.0 Å². The van der Waals surface area contributed by atoms with Gasteiger partial charge in [-0.05, 0) is 29.2 Å². The van der Waals surface area contributed by atoms with Crippen molar-refractivity contribution in [2.24, 2.45) is 0 Å². The lowest BCUT2D eigenvalue weighted by molar-refractivity contribution is -0.119. The number of ether oxygens (including phenoxy) is 1. The highest BCUT2D eigenvalue weighted by molar-refractivity contribution is 6.05. The van der Waals surface area contributed by atoms with Crippen LogP contribution < -0.4 is 5.32 Å². The normalized spacial score (nSPS) is 11.3. The number of nitrogens with one attached hydrogen (secondary N) is 2. The second-order valence-electron chi connectivity index (χ2n) is 7.20. The van der Waals surface area contributed by atoms with Gasteiger partial charge in [-0.3, -0.25) is 4.79 Å². The predicted octanol–water partition coefficient (Wildman–Crippen LogP) is 4.26. The summed E-state index contributed by atoms with van der Waals surface area (Å²) in [6.07, 6.45) is 1.59. The summed E-state index contributed by atoms with van der Waals surface area (Å²) in [4.78, 5) is 27.3. The molecule has 0 bridgehead atoms. The van der Waals surface area contributed by atoms with Crippen LogP contribution >= 0.6 is 0 Å². The first-order valence-electron chi connectivity index (χ1n) is 8.48. The molecule has 0 unspecified atom stereocenters. The summed E-state index contributed by atoms with van der Waals surface area (Å²) < 4.78 is 5.14. The van der Waals surface area contributed by atoms with E-state index in [-0.39, 0.29) is 17.9 Å². The van der Waals surface area contributed by atoms with Crippen molar-refractivity contribution in [3.8, 4) is 0 Å². The number of hydrogen-bond acceptors (Lipinski definition) is 3. The molecule has 5 heteroatoms. The summed E-state index contributed by atoms with van der Waals surface area (Å²) in [6.45, 7) is 6.06. The van der Waals surface area contributed by atoms with Gasteiger partial charge in [-0.1, -0.05) is 51.1 Å². The molecule has 0 spiro atoms. The first-order chi connectivity index (χ1) is 12.3. The van der Waals surface area contributed by atoms with Crippen LogP contribution in [0.4, 0.5) is 5.69 Å². The molecular weight excluding hydrogens is 328 g/mol. The molecule has 3 aromatic rings. The Balaban J connectivity index is 1.58. The Kier molecular flexibility index (Phi) is 4.80. The van der Waals surface area contributed by atoms with Crippen molar-refractivity contribution in [2.75, 3.05) is 11.9 Å². The highest BCUT2D eigenvalue weighted by Gasteiger charge is 2.16. The van der Waals surface area contributed by atoms with Gasteiger partial charge in [0, 0.05) is 22.8 Å². The summed E-state index contributed by atoms with van der Waals surface area (Å²) in [5, 5.41) is 3.51. The van der Waals surface area contributed by atoms with Gasteiger partial charge in [0.15, 0.2) is 6.61 Å². The summed E-state index contributed by atoms with van der Waals surface area (Å²) in [5.41, 5.74) is 3.18. The number of benzene rings is 2. The molecule has 1 amide bonds. The zero-order valence-electron chi connectivity index (χ0n) is 15.1. The third-order valence-corrected chi connectivity index (χ3v) is 4.18. The Morgan fingerprint density at radius 2 is 1.73 bits per heavy atom. The van der Waals surface area contributed by atoms with Crippen molar-refractivity contribution in [2.45, 2.75) is 26.2 Å². The standard InChI is InChI=1S/C21H22N2O3/c1-21(2,3)14-8-10-15(11-9-14)23-19(24)13-26-20(25)17-12-22-18-7-5-4-6-16(17)18/h4-12,22H,13H2,1-3H3,(H,23,24). The third kappa shape index (κ3) is 3.94. The van der Waals surface area contributed by atoms with Crippen LogP contribution in [0.15, 0.2) is 54.7 Å². The van der Waals surface area contributed by atoms with Crippen molar-refractivity contribution in [3.05, 3.63) is 65.9 Å². The molecule has 2 aromatic carbocycles. The van der Waals surface area contributed by atoms with Gasteiger partial charge in [-0.2, -0.15) is 0 Å². The third-order valence-electron chi connectivity index (χ3n) is 4.18. The second-order valence-corrected chi connectivity index (χ2v) is 7.20. The smallest absolute Gasteiger partial charge is 0.340 e. The van der Waals surface area contributed by atoms with E-state index in [1.807, 2.05) is 48.5 Å². The lowest BCUT2D eigenvalue weighted by Gasteiger charge is -2.19. The van der Waals surface area contributed by atoms with E-state index in [0.29, 0.717) is 11.3 Å². The molecule has 0 saturated carbocycles. The van der Waals surface area contributed by atoms with E-state index in [2.05, 4.69) is 31.1 Å². The van der Waals surface area contributed by atoms with Crippen molar-refractivity contribution in [3.63, 3.8) is 0 Å². The van der Waals surface area contributed by atoms with Crippen LogP contribution in [0.25, 0.3) is 10.9 Å². The lowest BCUT2D eigenvalue weighted by Crippen LogP contribution is -2.21. The topological polar surface area (TPSA) is 71.2 Å². The van der Waals surface area contributed by atoms with Crippen molar-refractivity contribution >= 4 is 28.5 Å². The highest BCUT2D eigenvalue weighted by atomic mass is 16.5. The van der Waals surface area contributed by atoms with Gasteiger partial charge in [0.25, 0.3) is 5.91 Å². The van der Waals surface area contributed by atoms with E-state index >= 15 is 0 Å². The molecule has 2 N–H and O–H groups in total. The van der Waals surface area contributed by atoms with Crippen LogP contribution in [0.1, 0.15) is 36.7 Å². The SMILES string of the molecule is CC(C)(C)c1ccc(NC(=O)COC(=O)c2c[nH]c3ccccc23)cc1. The number of carbonyl (C=O) groups excluding carboxylic acids is 2. The fraction of sp³-hybridized carbons (Fsp3) is 0.238. The number of aromatic nitrogens is 1. The van der Waals surface area contributed by atoms with Gasteiger partial charge in [0.2, 0.25) is 0 Å². The molecule has 0 saturated heterocycles. The monoisotopic (exact) mass is 350 g/mol. The molecule has 0 radical (unpaired) electrons. The minimum atomic E-state index is -0.527. The van der Waals surface area contributed by atoms with Crippen LogP contribution in [0.5, 0.6) is 0 Å². The molecule has 26 heavy (non-hydrogen) atoms. The zero-order chi connectivity index (χ0) is 18.7. The summed E-state index contributed by atoms with van der Waals surface area (Å²) >= 11 is 0. The summed E-state index contributed by atoms with van der Waals surface area (Å²) in [7, 11) is 0. The largest absolute Gasteiger partial charge is 0.452 e. The number of esters is 1. The van der Waals surface area contributed by atoms with Gasteiger partial charge >= 0.3 is 5.97 Å². The van der Waals surface area contributed by atoms with Crippen LogP contribution in [0, 0.1) is 0 Å². The predicted molar refractivity (Wildman–Crippen MR) is 102 cm³/mol. The molecule has 0 atom stereocenters. The fourth-order valence-electron chi connectivity index (χ4n) is 2.70. The Bertz CT molecular complexity index is 934.